The molecule has 0 saturated carbocycles. The highest BCUT2D eigenvalue weighted by Crippen LogP contribution is 2.42. The normalized spacial score (nSPS) is 12.3. The standard InChI is InChI=1S/C27H29N3O4S/c1-5-34-27(32)25-23(17-35(33)19-11-7-6-8-12-19)30(4)22-14-20(18-10-9-13-28-15-18)26(31)21(24(22)25)16-29(2)3/h6-15,31H,5,16-17H2,1-4H3. The van der Waals surface area contributed by atoms with E-state index in [9.17, 15) is 14.1 Å². The summed E-state index contributed by atoms with van der Waals surface area (Å²) in [6.45, 7) is 2.36. The lowest BCUT2D eigenvalue weighted by molar-refractivity contribution is 0.0527. The molecule has 8 heteroatoms. The van der Waals surface area contributed by atoms with Crippen LogP contribution in [0.2, 0.25) is 0 Å². The lowest BCUT2D eigenvalue weighted by Gasteiger charge is -2.17. The summed E-state index contributed by atoms with van der Waals surface area (Å²) in [6.07, 6.45) is 3.37. The number of phenolic OH excluding ortho intramolecular Hbond substituents is 1. The Hall–Kier alpha value is -3.49. The van der Waals surface area contributed by atoms with E-state index in [1.807, 2.05) is 79.1 Å². The van der Waals surface area contributed by atoms with E-state index in [1.54, 1.807) is 19.3 Å². The molecule has 0 bridgehead atoms. The molecule has 1 N–H and O–H groups in total. The van der Waals surface area contributed by atoms with Crippen molar-refractivity contribution in [2.45, 2.75) is 24.1 Å². The highest BCUT2D eigenvalue weighted by atomic mass is 32.2. The van der Waals surface area contributed by atoms with Crippen molar-refractivity contribution in [3.05, 3.63) is 77.7 Å². The Morgan fingerprint density at radius 1 is 1.17 bits per heavy atom. The molecule has 1 atom stereocenters. The van der Waals surface area contributed by atoms with E-state index in [0.717, 1.165) is 11.1 Å². The lowest BCUT2D eigenvalue weighted by atomic mass is 9.96. The fourth-order valence-electron chi connectivity index (χ4n) is 4.30. The van der Waals surface area contributed by atoms with Crippen molar-refractivity contribution in [1.29, 1.82) is 0 Å². The first-order valence-corrected chi connectivity index (χ1v) is 12.7. The number of carbonyl (C=O) groups excluding carboxylic acids is 1. The molecule has 4 rings (SSSR count). The monoisotopic (exact) mass is 491 g/mol. The molecule has 7 nitrogen and oxygen atoms in total. The second-order valence-corrected chi connectivity index (χ2v) is 9.98. The summed E-state index contributed by atoms with van der Waals surface area (Å²) in [4.78, 5) is 20.1. The number of aromatic hydroxyl groups is 1. The third-order valence-electron chi connectivity index (χ3n) is 5.89. The van der Waals surface area contributed by atoms with Crippen LogP contribution < -0.4 is 0 Å². The zero-order chi connectivity index (χ0) is 25.1. The van der Waals surface area contributed by atoms with E-state index in [2.05, 4.69) is 4.98 Å². The average molecular weight is 492 g/mol. The van der Waals surface area contributed by atoms with Gasteiger partial charge >= 0.3 is 5.97 Å². The van der Waals surface area contributed by atoms with Crippen molar-refractivity contribution in [2.75, 3.05) is 20.7 Å². The van der Waals surface area contributed by atoms with E-state index < -0.39 is 16.8 Å². The van der Waals surface area contributed by atoms with Gasteiger partial charge in [-0.3, -0.25) is 9.19 Å². The number of rotatable bonds is 8. The first kappa shape index (κ1) is 24.6. The number of esters is 1. The minimum Gasteiger partial charge on any atom is -0.507 e. The first-order chi connectivity index (χ1) is 16.8. The highest BCUT2D eigenvalue weighted by Gasteiger charge is 2.29. The third-order valence-corrected chi connectivity index (χ3v) is 7.22. The number of ether oxygens (including phenoxy) is 1. The van der Waals surface area contributed by atoms with Gasteiger partial charge < -0.3 is 19.3 Å². The zero-order valence-corrected chi connectivity index (χ0v) is 21.1. The summed E-state index contributed by atoms with van der Waals surface area (Å²) in [5.74, 6) is -0.272. The van der Waals surface area contributed by atoms with Crippen LogP contribution >= 0.6 is 0 Å². The number of fused-ring (bicyclic) bond motifs is 1. The van der Waals surface area contributed by atoms with Crippen LogP contribution in [0.1, 0.15) is 28.5 Å². The molecule has 1 unspecified atom stereocenters. The molecule has 182 valence electrons. The molecule has 0 aliphatic rings. The maximum Gasteiger partial charge on any atom is 0.340 e. The van der Waals surface area contributed by atoms with E-state index in [1.165, 1.54) is 0 Å². The molecule has 2 heterocycles. The number of aryl methyl sites for hydroxylation is 1. The van der Waals surface area contributed by atoms with Gasteiger partial charge in [0.25, 0.3) is 0 Å². The number of nitrogens with zero attached hydrogens (tertiary/aromatic N) is 3. The van der Waals surface area contributed by atoms with E-state index in [4.69, 9.17) is 4.74 Å². The lowest BCUT2D eigenvalue weighted by Crippen LogP contribution is -2.13. The molecule has 0 spiro atoms. The van der Waals surface area contributed by atoms with Crippen LogP contribution in [0.15, 0.2) is 65.8 Å². The summed E-state index contributed by atoms with van der Waals surface area (Å²) in [7, 11) is 4.28. The van der Waals surface area contributed by atoms with Gasteiger partial charge in [0.15, 0.2) is 0 Å². The van der Waals surface area contributed by atoms with Crippen LogP contribution in [0.4, 0.5) is 0 Å². The molecule has 0 radical (unpaired) electrons. The Bertz CT molecular complexity index is 1380. The predicted octanol–water partition coefficient (Wildman–Crippen LogP) is 4.49. The van der Waals surface area contributed by atoms with Crippen LogP contribution in [-0.4, -0.2) is 50.4 Å². The minimum atomic E-state index is -1.38. The average Bonchev–Trinajstić information content (AvgIpc) is 3.13. The Morgan fingerprint density at radius 3 is 2.54 bits per heavy atom. The Kier molecular flexibility index (Phi) is 7.33. The van der Waals surface area contributed by atoms with Gasteiger partial charge in [-0.15, -0.1) is 0 Å². The van der Waals surface area contributed by atoms with Gasteiger partial charge in [-0.2, -0.15) is 0 Å². The molecule has 4 aromatic rings. The molecular formula is C27H29N3O4S. The quantitative estimate of drug-likeness (QED) is 0.366. The maximum atomic E-state index is 13.3. The molecule has 2 aromatic heterocycles. The van der Waals surface area contributed by atoms with Crippen molar-refractivity contribution in [2.24, 2.45) is 7.05 Å². The number of hydrogen-bond acceptors (Lipinski definition) is 6. The predicted molar refractivity (Wildman–Crippen MR) is 138 cm³/mol. The van der Waals surface area contributed by atoms with Gasteiger partial charge in [-0.25, -0.2) is 4.79 Å². The van der Waals surface area contributed by atoms with Crippen LogP contribution in [0.5, 0.6) is 5.75 Å². The Labute approximate surface area is 207 Å². The molecule has 0 amide bonds. The smallest absolute Gasteiger partial charge is 0.340 e. The topological polar surface area (TPSA) is 84.7 Å². The molecule has 0 aliphatic carbocycles. The second-order valence-electron chi connectivity index (χ2n) is 8.53. The summed E-state index contributed by atoms with van der Waals surface area (Å²) < 4.78 is 20.6. The van der Waals surface area contributed by atoms with Crippen LogP contribution in [0, 0.1) is 0 Å². The van der Waals surface area contributed by atoms with E-state index >= 15 is 0 Å². The highest BCUT2D eigenvalue weighted by molar-refractivity contribution is 7.84. The fraction of sp³-hybridized carbons (Fsp3) is 0.259. The van der Waals surface area contributed by atoms with Crippen LogP contribution in [-0.2, 0) is 34.9 Å². The molecule has 0 saturated heterocycles. The van der Waals surface area contributed by atoms with Gasteiger partial charge in [0.2, 0.25) is 0 Å². The minimum absolute atomic E-state index is 0.0890. The van der Waals surface area contributed by atoms with Gasteiger partial charge in [-0.1, -0.05) is 24.3 Å². The summed E-state index contributed by atoms with van der Waals surface area (Å²) in [5.41, 5.74) is 3.69. The van der Waals surface area contributed by atoms with Crippen molar-refractivity contribution in [3.8, 4) is 16.9 Å². The number of pyridine rings is 1. The third kappa shape index (κ3) is 4.85. The number of phenols is 1. The number of benzene rings is 2. The second kappa shape index (κ2) is 10.4. The SMILES string of the molecule is CCOC(=O)c1c(CS(=O)c2ccccc2)n(C)c2cc(-c3cccnc3)c(O)c(CN(C)C)c12. The van der Waals surface area contributed by atoms with E-state index in [0.29, 0.717) is 39.2 Å². The van der Waals surface area contributed by atoms with Gasteiger partial charge in [-0.05, 0) is 45.3 Å². The van der Waals surface area contributed by atoms with Gasteiger partial charge in [0, 0.05) is 58.7 Å². The maximum absolute atomic E-state index is 13.3. The van der Waals surface area contributed by atoms with Gasteiger partial charge in [0.1, 0.15) is 5.75 Å². The molecule has 0 aliphatic heterocycles. The van der Waals surface area contributed by atoms with E-state index in [-0.39, 0.29) is 18.1 Å². The number of hydrogen-bond donors (Lipinski definition) is 1. The first-order valence-electron chi connectivity index (χ1n) is 11.3. The zero-order valence-electron chi connectivity index (χ0n) is 20.3. The summed E-state index contributed by atoms with van der Waals surface area (Å²) >= 11 is 0. The van der Waals surface area contributed by atoms with Gasteiger partial charge in [0.05, 0.1) is 34.2 Å². The van der Waals surface area contributed by atoms with Crippen molar-refractivity contribution < 1.29 is 18.8 Å². The molecule has 35 heavy (non-hydrogen) atoms. The van der Waals surface area contributed by atoms with Crippen LogP contribution in [0.3, 0.4) is 0 Å². The van der Waals surface area contributed by atoms with Crippen molar-refractivity contribution in [3.63, 3.8) is 0 Å². The number of carbonyl (C=O) groups is 1. The fourth-order valence-corrected chi connectivity index (χ4v) is 5.51. The van der Waals surface area contributed by atoms with Crippen molar-refractivity contribution in [1.82, 2.24) is 14.5 Å². The Morgan fingerprint density at radius 2 is 1.91 bits per heavy atom. The molecule has 2 aromatic carbocycles. The largest absolute Gasteiger partial charge is 0.507 e. The molecule has 0 fully saturated rings. The van der Waals surface area contributed by atoms with Crippen LogP contribution in [0.25, 0.3) is 22.0 Å². The number of aromatic nitrogens is 2. The summed E-state index contributed by atoms with van der Waals surface area (Å²) in [6, 6.07) is 14.7. The Balaban J connectivity index is 2.02. The summed E-state index contributed by atoms with van der Waals surface area (Å²) in [5, 5.41) is 12.0. The molecular weight excluding hydrogens is 462 g/mol. The van der Waals surface area contributed by atoms with Crippen molar-refractivity contribution >= 4 is 27.7 Å².